The van der Waals surface area contributed by atoms with Crippen LogP contribution in [0.5, 0.6) is 34.6 Å². The minimum atomic E-state index is -0.411. The molecule has 0 fully saturated rings. The van der Waals surface area contributed by atoms with Gasteiger partial charge >= 0.3 is 17.9 Å². The lowest BCUT2D eigenvalue weighted by Crippen LogP contribution is -2.09. The Bertz CT molecular complexity index is 2730. The van der Waals surface area contributed by atoms with Gasteiger partial charge in [-0.1, -0.05) is 67.8 Å². The second-order valence-corrected chi connectivity index (χ2v) is 17.4. The van der Waals surface area contributed by atoms with Crippen LogP contribution < -0.4 is 23.7 Å². The molecular weight excluding hydrogens is 907 g/mol. The zero-order valence-electron chi connectivity index (χ0n) is 41.4. The first kappa shape index (κ1) is 53.7. The van der Waals surface area contributed by atoms with E-state index in [1.54, 1.807) is 0 Å². The van der Waals surface area contributed by atoms with E-state index in [1.165, 1.54) is 11.6 Å². The second kappa shape index (κ2) is 29.5. The standard InChI is InChI=1S/C61H67NO10/c1-5-8-9-12-37-66-49-27-21-47(22-28-49)24-36-60(65)71-53-33-35-54-55-34-23-48(42-45(4)17-18-46-19-25-50(26-20-46)68-39-15-16-41-70-59(64)7-3)43-57(55)62-61(56(54)44-53)72-52-31-29-51(30-32-52)67-38-13-10-11-14-40-69-58(63)6-2/h5-7,19-23,25-35,43-44H,1-4,8-18,24,36-42H2. The number of aromatic nitrogens is 1. The highest BCUT2D eigenvalue weighted by molar-refractivity contribution is 6.08. The Labute approximate surface area is 424 Å². The molecule has 0 atom stereocenters. The van der Waals surface area contributed by atoms with E-state index < -0.39 is 11.9 Å². The zero-order chi connectivity index (χ0) is 50.8. The van der Waals surface area contributed by atoms with Crippen molar-refractivity contribution in [3.63, 3.8) is 0 Å². The molecule has 376 valence electrons. The van der Waals surface area contributed by atoms with Gasteiger partial charge < -0.3 is 33.2 Å². The minimum Gasteiger partial charge on any atom is -0.494 e. The lowest BCUT2D eigenvalue weighted by Gasteiger charge is -2.14. The topological polar surface area (TPSA) is 129 Å². The van der Waals surface area contributed by atoms with Gasteiger partial charge in [0.05, 0.1) is 38.6 Å². The summed E-state index contributed by atoms with van der Waals surface area (Å²) in [7, 11) is 0. The summed E-state index contributed by atoms with van der Waals surface area (Å²) in [4.78, 5) is 40.7. The molecule has 0 N–H and O–H groups in total. The highest BCUT2D eigenvalue weighted by atomic mass is 16.5. The molecule has 0 amide bonds. The number of ether oxygens (including phenoxy) is 7. The van der Waals surface area contributed by atoms with Crippen LogP contribution in [-0.4, -0.2) is 55.9 Å². The number of nitrogens with zero attached hydrogens (tertiary/aromatic N) is 1. The van der Waals surface area contributed by atoms with Gasteiger partial charge in [0, 0.05) is 29.3 Å². The highest BCUT2D eigenvalue weighted by Crippen LogP contribution is 2.37. The molecule has 0 bridgehead atoms. The third-order valence-electron chi connectivity index (χ3n) is 11.8. The van der Waals surface area contributed by atoms with Gasteiger partial charge in [-0.2, -0.15) is 0 Å². The molecule has 0 radical (unpaired) electrons. The molecular formula is C61H67NO10. The maximum absolute atomic E-state index is 13.2. The number of fused-ring (bicyclic) bond motifs is 3. The van der Waals surface area contributed by atoms with Crippen molar-refractivity contribution in [2.24, 2.45) is 0 Å². The molecule has 0 aliphatic rings. The summed E-state index contributed by atoms with van der Waals surface area (Å²) in [5.41, 5.74) is 5.16. The summed E-state index contributed by atoms with van der Waals surface area (Å²) in [6.45, 7) is 17.5. The molecule has 11 heteroatoms. The van der Waals surface area contributed by atoms with Crippen LogP contribution in [0.4, 0.5) is 0 Å². The number of benzene rings is 5. The Morgan fingerprint density at radius 1 is 0.486 bits per heavy atom. The van der Waals surface area contributed by atoms with Crippen molar-refractivity contribution in [2.45, 2.75) is 89.9 Å². The number of carbonyl (C=O) groups excluding carboxylic acids is 3. The van der Waals surface area contributed by atoms with Crippen LogP contribution in [0.25, 0.3) is 21.7 Å². The van der Waals surface area contributed by atoms with Crippen LogP contribution in [0.1, 0.15) is 87.3 Å². The van der Waals surface area contributed by atoms with E-state index >= 15 is 0 Å². The predicted octanol–water partition coefficient (Wildman–Crippen LogP) is 13.7. The molecule has 5 aromatic carbocycles. The van der Waals surface area contributed by atoms with Gasteiger partial charge in [-0.05, 0) is 178 Å². The van der Waals surface area contributed by atoms with E-state index in [1.807, 2.05) is 84.9 Å². The molecule has 72 heavy (non-hydrogen) atoms. The average molecular weight is 974 g/mol. The van der Waals surface area contributed by atoms with E-state index in [9.17, 15) is 14.4 Å². The first-order chi connectivity index (χ1) is 35.2. The molecule has 11 nitrogen and oxygen atoms in total. The highest BCUT2D eigenvalue weighted by Gasteiger charge is 2.15. The molecule has 1 heterocycles. The molecule has 0 saturated carbocycles. The van der Waals surface area contributed by atoms with Crippen molar-refractivity contribution < 1.29 is 47.5 Å². The van der Waals surface area contributed by atoms with Crippen molar-refractivity contribution >= 4 is 39.6 Å². The fourth-order valence-electron chi connectivity index (χ4n) is 7.79. The number of carbonyl (C=O) groups is 3. The van der Waals surface area contributed by atoms with Crippen molar-refractivity contribution in [3.05, 3.63) is 176 Å². The zero-order valence-corrected chi connectivity index (χ0v) is 41.4. The molecule has 0 saturated heterocycles. The normalized spacial score (nSPS) is 10.8. The third kappa shape index (κ3) is 18.3. The van der Waals surface area contributed by atoms with Gasteiger partial charge in [-0.3, -0.25) is 4.79 Å². The SMILES string of the molecule is C=CCCCCOc1ccc(CCC(=O)Oc2ccc3c(c2)c(Oc2ccc(OCCCCCCOC(=O)C=C)cc2)nc2cc(CC(=C)CCc4ccc(OCCCCOC(=O)C=C)cc4)ccc23)cc1. The van der Waals surface area contributed by atoms with Crippen molar-refractivity contribution in [1.29, 1.82) is 0 Å². The summed E-state index contributed by atoms with van der Waals surface area (Å²) in [5.74, 6) is 2.53. The Kier molecular flexibility index (Phi) is 22.0. The maximum atomic E-state index is 13.2. The Morgan fingerprint density at radius 3 is 1.57 bits per heavy atom. The molecule has 0 spiro atoms. The van der Waals surface area contributed by atoms with Crippen molar-refractivity contribution in [2.75, 3.05) is 33.0 Å². The van der Waals surface area contributed by atoms with Crippen LogP contribution in [-0.2, 0) is 43.1 Å². The number of unbranched alkanes of at least 4 members (excludes halogenated alkanes) is 6. The number of esters is 3. The average Bonchev–Trinajstić information content (AvgIpc) is 3.40. The third-order valence-corrected chi connectivity index (χ3v) is 11.8. The number of rotatable bonds is 33. The van der Waals surface area contributed by atoms with Crippen LogP contribution in [0.2, 0.25) is 0 Å². The van der Waals surface area contributed by atoms with E-state index in [0.29, 0.717) is 68.6 Å². The lowest BCUT2D eigenvalue weighted by atomic mass is 9.98. The molecule has 6 aromatic rings. The fourth-order valence-corrected chi connectivity index (χ4v) is 7.79. The minimum absolute atomic E-state index is 0.205. The van der Waals surface area contributed by atoms with Gasteiger partial charge in [0.15, 0.2) is 0 Å². The van der Waals surface area contributed by atoms with E-state index in [-0.39, 0.29) is 12.4 Å². The first-order valence-electron chi connectivity index (χ1n) is 25.0. The number of aryl methyl sites for hydroxylation is 2. The molecule has 6 rings (SSSR count). The number of pyridine rings is 1. The predicted molar refractivity (Wildman–Crippen MR) is 284 cm³/mol. The quantitative estimate of drug-likeness (QED) is 0.00976. The lowest BCUT2D eigenvalue weighted by molar-refractivity contribution is -0.138. The maximum Gasteiger partial charge on any atom is 0.330 e. The first-order valence-corrected chi connectivity index (χ1v) is 25.0. The van der Waals surface area contributed by atoms with Crippen LogP contribution in [0, 0.1) is 0 Å². The van der Waals surface area contributed by atoms with Crippen molar-refractivity contribution in [3.8, 4) is 34.6 Å². The summed E-state index contributed by atoms with van der Waals surface area (Å²) in [6, 6.07) is 35.3. The number of allylic oxidation sites excluding steroid dienone is 2. The number of hydrogen-bond donors (Lipinski definition) is 0. The van der Waals surface area contributed by atoms with Crippen LogP contribution in [0.15, 0.2) is 159 Å². The smallest absolute Gasteiger partial charge is 0.330 e. The van der Waals surface area contributed by atoms with Gasteiger partial charge in [0.1, 0.15) is 28.7 Å². The molecule has 0 aliphatic heterocycles. The van der Waals surface area contributed by atoms with E-state index in [0.717, 1.165) is 127 Å². The molecule has 0 unspecified atom stereocenters. The molecule has 0 aliphatic carbocycles. The van der Waals surface area contributed by atoms with Gasteiger partial charge in [-0.15, -0.1) is 6.58 Å². The van der Waals surface area contributed by atoms with Gasteiger partial charge in [0.25, 0.3) is 0 Å². The summed E-state index contributed by atoms with van der Waals surface area (Å²) in [5, 5.41) is 2.55. The van der Waals surface area contributed by atoms with Crippen LogP contribution >= 0.6 is 0 Å². The Hall–Kier alpha value is -7.66. The summed E-state index contributed by atoms with van der Waals surface area (Å²) in [6.07, 6.45) is 15.4. The van der Waals surface area contributed by atoms with Crippen LogP contribution in [0.3, 0.4) is 0 Å². The Morgan fingerprint density at radius 2 is 0.972 bits per heavy atom. The monoisotopic (exact) mass is 973 g/mol. The largest absolute Gasteiger partial charge is 0.494 e. The van der Waals surface area contributed by atoms with Gasteiger partial charge in [0.2, 0.25) is 5.88 Å². The fraction of sp³-hybridized carbons (Fsp3) is 0.311. The summed E-state index contributed by atoms with van der Waals surface area (Å²) >= 11 is 0. The van der Waals surface area contributed by atoms with Crippen molar-refractivity contribution in [1.82, 2.24) is 4.98 Å². The van der Waals surface area contributed by atoms with E-state index in [2.05, 4.69) is 56.6 Å². The number of hydrogen-bond acceptors (Lipinski definition) is 11. The van der Waals surface area contributed by atoms with Gasteiger partial charge in [-0.25, -0.2) is 14.6 Å². The molecule has 1 aromatic heterocycles. The Balaban J connectivity index is 1.08. The second-order valence-electron chi connectivity index (χ2n) is 17.4. The summed E-state index contributed by atoms with van der Waals surface area (Å²) < 4.78 is 40.2. The van der Waals surface area contributed by atoms with E-state index in [4.69, 9.17) is 38.1 Å².